The lowest BCUT2D eigenvalue weighted by Crippen LogP contribution is -2.13. The molecule has 0 fully saturated rings. The van der Waals surface area contributed by atoms with Crippen molar-refractivity contribution in [3.8, 4) is 0 Å². The average Bonchev–Trinajstić information content (AvgIpc) is 2.96. The van der Waals surface area contributed by atoms with E-state index in [4.69, 9.17) is 0 Å². The highest BCUT2D eigenvalue weighted by atomic mass is 16.1. The Morgan fingerprint density at radius 3 is 2.52 bits per heavy atom. The van der Waals surface area contributed by atoms with Crippen LogP contribution in [0, 0.1) is 20.8 Å². The monoisotopic (exact) mass is 309 g/mol. The van der Waals surface area contributed by atoms with Crippen LogP contribution in [-0.4, -0.2) is 26.1 Å². The van der Waals surface area contributed by atoms with E-state index in [1.54, 1.807) is 0 Å². The first-order chi connectivity index (χ1) is 10.9. The second-order valence-electron chi connectivity index (χ2n) is 5.84. The summed E-state index contributed by atoms with van der Waals surface area (Å²) < 4.78 is 1.90. The fraction of sp³-hybridized carbons (Fsp3) is 0.278. The van der Waals surface area contributed by atoms with Gasteiger partial charge in [-0.05, 0) is 45.4 Å². The lowest BCUT2D eigenvalue weighted by molar-refractivity contribution is 0.0967. The van der Waals surface area contributed by atoms with Crippen molar-refractivity contribution in [2.75, 3.05) is 0 Å². The molecule has 2 aromatic heterocycles. The molecule has 0 amide bonds. The summed E-state index contributed by atoms with van der Waals surface area (Å²) in [7, 11) is 0. The van der Waals surface area contributed by atoms with Gasteiger partial charge in [0.25, 0.3) is 0 Å². The summed E-state index contributed by atoms with van der Waals surface area (Å²) >= 11 is 0. The van der Waals surface area contributed by atoms with E-state index in [1.165, 1.54) is 6.92 Å². The number of nitrogens with zero attached hydrogens (tertiary/aromatic N) is 2. The van der Waals surface area contributed by atoms with Crippen LogP contribution in [0.3, 0.4) is 0 Å². The minimum absolute atomic E-state index is 0.0282. The maximum Gasteiger partial charge on any atom is 0.198 e. The van der Waals surface area contributed by atoms with E-state index in [0.717, 1.165) is 28.1 Å². The highest BCUT2D eigenvalue weighted by Crippen LogP contribution is 2.21. The molecular weight excluding hydrogens is 290 g/mol. The van der Waals surface area contributed by atoms with Crippen molar-refractivity contribution >= 4 is 22.6 Å². The zero-order valence-electron chi connectivity index (χ0n) is 13.7. The fourth-order valence-corrected chi connectivity index (χ4v) is 3.18. The fourth-order valence-electron chi connectivity index (χ4n) is 3.18. The van der Waals surface area contributed by atoms with E-state index in [1.807, 2.05) is 49.6 Å². The van der Waals surface area contributed by atoms with Crippen LogP contribution in [-0.2, 0) is 6.54 Å². The predicted molar refractivity (Wildman–Crippen MR) is 89.1 cm³/mol. The molecule has 5 nitrogen and oxygen atoms in total. The number of rotatable bonds is 4. The lowest BCUT2D eigenvalue weighted by atomic mass is 10.1. The van der Waals surface area contributed by atoms with Gasteiger partial charge in [0.05, 0.1) is 23.3 Å². The van der Waals surface area contributed by atoms with Gasteiger partial charge in [0.1, 0.15) is 5.82 Å². The van der Waals surface area contributed by atoms with Crippen molar-refractivity contribution in [2.45, 2.75) is 34.2 Å². The van der Waals surface area contributed by atoms with Gasteiger partial charge in [-0.25, -0.2) is 4.98 Å². The number of para-hydroxylation sites is 2. The quantitative estimate of drug-likeness (QED) is 0.751. The zero-order valence-corrected chi connectivity index (χ0v) is 13.7. The van der Waals surface area contributed by atoms with Crippen LogP contribution in [0.15, 0.2) is 24.3 Å². The number of aromatic nitrogens is 3. The Morgan fingerprint density at radius 2 is 1.87 bits per heavy atom. The minimum atomic E-state index is -0.0515. The van der Waals surface area contributed by atoms with E-state index in [0.29, 0.717) is 11.3 Å². The number of hydrogen-bond acceptors (Lipinski definition) is 3. The molecule has 0 atom stereocenters. The number of carbonyl (C=O) groups excluding carboxylic acids is 2. The van der Waals surface area contributed by atoms with Gasteiger partial charge < -0.3 is 9.55 Å². The Kier molecular flexibility index (Phi) is 3.64. The second-order valence-corrected chi connectivity index (χ2v) is 5.84. The first-order valence-corrected chi connectivity index (χ1v) is 7.55. The number of fused-ring (bicyclic) bond motifs is 1. The Hall–Kier alpha value is -2.69. The van der Waals surface area contributed by atoms with Crippen molar-refractivity contribution in [1.82, 2.24) is 14.5 Å². The molecule has 0 saturated carbocycles. The highest BCUT2D eigenvalue weighted by molar-refractivity contribution is 6.03. The molecule has 0 aliphatic heterocycles. The van der Waals surface area contributed by atoms with E-state index >= 15 is 0 Å². The van der Waals surface area contributed by atoms with Crippen molar-refractivity contribution in [2.24, 2.45) is 0 Å². The molecule has 0 bridgehead atoms. The SMILES string of the molecule is CC(=O)c1c(C)[nH]c(C(=O)Cn2c(C)nc3ccccc32)c1C. The van der Waals surface area contributed by atoms with Gasteiger partial charge in [-0.3, -0.25) is 9.59 Å². The molecule has 0 saturated heterocycles. The summed E-state index contributed by atoms with van der Waals surface area (Å²) in [5, 5.41) is 0. The summed E-state index contributed by atoms with van der Waals surface area (Å²) in [4.78, 5) is 32.0. The Balaban J connectivity index is 2.00. The van der Waals surface area contributed by atoms with Crippen LogP contribution < -0.4 is 0 Å². The maximum atomic E-state index is 12.7. The lowest BCUT2D eigenvalue weighted by Gasteiger charge is -2.06. The highest BCUT2D eigenvalue weighted by Gasteiger charge is 2.21. The number of aromatic amines is 1. The Bertz CT molecular complexity index is 931. The first kappa shape index (κ1) is 15.2. The molecule has 118 valence electrons. The third-order valence-electron chi connectivity index (χ3n) is 4.22. The van der Waals surface area contributed by atoms with E-state index in [-0.39, 0.29) is 18.1 Å². The van der Waals surface area contributed by atoms with Crippen LogP contribution in [0.2, 0.25) is 0 Å². The minimum Gasteiger partial charge on any atom is -0.355 e. The summed E-state index contributed by atoms with van der Waals surface area (Å²) in [6.45, 7) is 7.24. The van der Waals surface area contributed by atoms with Gasteiger partial charge in [-0.1, -0.05) is 12.1 Å². The molecule has 1 N–H and O–H groups in total. The molecule has 0 unspecified atom stereocenters. The summed E-state index contributed by atoms with van der Waals surface area (Å²) in [5.74, 6) is 0.719. The number of ketones is 2. The van der Waals surface area contributed by atoms with E-state index < -0.39 is 0 Å². The molecule has 0 spiro atoms. The number of carbonyl (C=O) groups is 2. The Morgan fingerprint density at radius 1 is 1.17 bits per heavy atom. The van der Waals surface area contributed by atoms with E-state index in [9.17, 15) is 9.59 Å². The number of imidazole rings is 1. The number of H-pyrrole nitrogens is 1. The normalized spacial score (nSPS) is 11.1. The van der Waals surface area contributed by atoms with Gasteiger partial charge in [-0.2, -0.15) is 0 Å². The van der Waals surface area contributed by atoms with Crippen LogP contribution in [0.25, 0.3) is 11.0 Å². The topological polar surface area (TPSA) is 67.8 Å². The second kappa shape index (κ2) is 5.50. The summed E-state index contributed by atoms with van der Waals surface area (Å²) in [5.41, 5.74) is 4.39. The molecule has 3 aromatic rings. The predicted octanol–water partition coefficient (Wildman–Crippen LogP) is 3.38. The molecular formula is C18H19N3O2. The summed E-state index contributed by atoms with van der Waals surface area (Å²) in [6, 6.07) is 7.75. The number of Topliss-reactive ketones (excluding diaryl/α,β-unsaturated/α-hetero) is 2. The van der Waals surface area contributed by atoms with E-state index in [2.05, 4.69) is 9.97 Å². The third-order valence-corrected chi connectivity index (χ3v) is 4.22. The van der Waals surface area contributed by atoms with Gasteiger partial charge >= 0.3 is 0 Å². The van der Waals surface area contributed by atoms with Crippen LogP contribution in [0.1, 0.15) is 44.9 Å². The number of benzene rings is 1. The number of aryl methyl sites for hydroxylation is 2. The van der Waals surface area contributed by atoms with Crippen LogP contribution >= 0.6 is 0 Å². The standard InChI is InChI=1S/C18H19N3O2/c1-10-17(12(3)22)11(2)19-18(10)16(23)9-21-13(4)20-14-7-5-6-8-15(14)21/h5-8,19H,9H2,1-4H3. The molecule has 1 aromatic carbocycles. The maximum absolute atomic E-state index is 12.7. The first-order valence-electron chi connectivity index (χ1n) is 7.55. The van der Waals surface area contributed by atoms with Crippen LogP contribution in [0.4, 0.5) is 0 Å². The smallest absolute Gasteiger partial charge is 0.198 e. The molecule has 2 heterocycles. The molecule has 3 rings (SSSR count). The van der Waals surface area contributed by atoms with Gasteiger partial charge in [0.15, 0.2) is 11.6 Å². The zero-order chi connectivity index (χ0) is 16.7. The molecule has 0 radical (unpaired) electrons. The number of nitrogens with one attached hydrogen (secondary N) is 1. The van der Waals surface area contributed by atoms with Crippen molar-refractivity contribution in [1.29, 1.82) is 0 Å². The Labute approximate surface area is 134 Å². The summed E-state index contributed by atoms with van der Waals surface area (Å²) in [6.07, 6.45) is 0. The van der Waals surface area contributed by atoms with Gasteiger partial charge in [0, 0.05) is 11.3 Å². The van der Waals surface area contributed by atoms with Crippen molar-refractivity contribution < 1.29 is 9.59 Å². The molecule has 0 aliphatic rings. The largest absolute Gasteiger partial charge is 0.355 e. The van der Waals surface area contributed by atoms with Gasteiger partial charge in [-0.15, -0.1) is 0 Å². The van der Waals surface area contributed by atoms with Crippen LogP contribution in [0.5, 0.6) is 0 Å². The molecule has 23 heavy (non-hydrogen) atoms. The van der Waals surface area contributed by atoms with Gasteiger partial charge in [0.2, 0.25) is 0 Å². The molecule has 0 aliphatic carbocycles. The third kappa shape index (κ3) is 2.48. The number of hydrogen-bond donors (Lipinski definition) is 1. The van der Waals surface area contributed by atoms with Crippen molar-refractivity contribution in [3.05, 3.63) is 52.6 Å². The average molecular weight is 309 g/mol. The molecule has 5 heteroatoms. The van der Waals surface area contributed by atoms with Crippen molar-refractivity contribution in [3.63, 3.8) is 0 Å².